The zero-order chi connectivity index (χ0) is 17.3. The minimum Gasteiger partial charge on any atom is -0.327 e. The van der Waals surface area contributed by atoms with Crippen LogP contribution in [0.1, 0.15) is 37.6 Å². The number of likely N-dealkylation sites (N-methyl/N-ethyl adjacent to an activating group) is 1. The molecule has 1 aromatic rings. The monoisotopic (exact) mass is 330 g/mol. The fraction of sp³-hybridized carbons (Fsp3) is 0.611. The average Bonchev–Trinajstić information content (AvgIpc) is 2.84. The molecule has 2 bridgehead atoms. The van der Waals surface area contributed by atoms with Crippen LogP contribution in [0.25, 0.3) is 0 Å². The first-order valence-electron chi connectivity index (χ1n) is 8.79. The molecule has 2 aliphatic rings. The third-order valence-corrected chi connectivity index (χ3v) is 5.22. The number of carbonyl (C=O) groups is 2. The molecule has 2 saturated heterocycles. The summed E-state index contributed by atoms with van der Waals surface area (Å²) in [5.41, 5.74) is 2.23. The standard InChI is InChI=1S/C18H26N4O2/c1-4-21-10-9-14-6-7-15(11-21)22(14)18(24)17(23)20-16-8-5-12(2)19-13(16)3/h5,8,14-15H,4,6-7,9-11H2,1-3H3,(H,20,23). The van der Waals surface area contributed by atoms with Gasteiger partial charge in [-0.05, 0) is 51.8 Å². The molecule has 0 aliphatic carbocycles. The molecule has 2 atom stereocenters. The van der Waals surface area contributed by atoms with Crippen molar-refractivity contribution in [3.8, 4) is 0 Å². The summed E-state index contributed by atoms with van der Waals surface area (Å²) in [6.45, 7) is 8.75. The molecule has 0 saturated carbocycles. The number of anilines is 1. The van der Waals surface area contributed by atoms with Gasteiger partial charge in [-0.3, -0.25) is 14.6 Å². The molecule has 24 heavy (non-hydrogen) atoms. The van der Waals surface area contributed by atoms with Crippen LogP contribution in [0.5, 0.6) is 0 Å². The topological polar surface area (TPSA) is 65.5 Å². The van der Waals surface area contributed by atoms with Crippen LogP contribution in [-0.4, -0.2) is 58.3 Å². The van der Waals surface area contributed by atoms with Crippen molar-refractivity contribution in [1.29, 1.82) is 0 Å². The number of hydrogen-bond acceptors (Lipinski definition) is 4. The van der Waals surface area contributed by atoms with Crippen molar-refractivity contribution >= 4 is 17.5 Å². The summed E-state index contributed by atoms with van der Waals surface area (Å²) in [6, 6.07) is 4.00. The molecular formula is C18H26N4O2. The summed E-state index contributed by atoms with van der Waals surface area (Å²) >= 11 is 0. The van der Waals surface area contributed by atoms with Crippen molar-refractivity contribution in [3.63, 3.8) is 0 Å². The van der Waals surface area contributed by atoms with Crippen molar-refractivity contribution in [1.82, 2.24) is 14.8 Å². The molecule has 1 aromatic heterocycles. The average molecular weight is 330 g/mol. The van der Waals surface area contributed by atoms with Gasteiger partial charge >= 0.3 is 11.8 Å². The van der Waals surface area contributed by atoms with Gasteiger partial charge in [0, 0.05) is 30.9 Å². The van der Waals surface area contributed by atoms with E-state index in [0.29, 0.717) is 5.69 Å². The van der Waals surface area contributed by atoms with Crippen LogP contribution in [0, 0.1) is 13.8 Å². The lowest BCUT2D eigenvalue weighted by Gasteiger charge is -2.28. The summed E-state index contributed by atoms with van der Waals surface area (Å²) in [6.07, 6.45) is 2.95. The predicted octanol–water partition coefficient (Wildman–Crippen LogP) is 1.72. The van der Waals surface area contributed by atoms with Gasteiger partial charge in [0.1, 0.15) is 0 Å². The zero-order valence-electron chi connectivity index (χ0n) is 14.7. The Bertz CT molecular complexity index is 646. The number of pyridine rings is 1. The fourth-order valence-corrected chi connectivity index (χ4v) is 3.88. The Hall–Kier alpha value is -1.95. The molecule has 2 aliphatic heterocycles. The number of rotatable bonds is 2. The molecule has 2 amide bonds. The van der Waals surface area contributed by atoms with Crippen LogP contribution < -0.4 is 5.32 Å². The van der Waals surface area contributed by atoms with Gasteiger partial charge in [0.05, 0.1) is 11.4 Å². The quantitative estimate of drug-likeness (QED) is 0.839. The Balaban J connectivity index is 1.72. The third-order valence-electron chi connectivity index (χ3n) is 5.22. The molecule has 6 heteroatoms. The van der Waals surface area contributed by atoms with Crippen molar-refractivity contribution in [2.24, 2.45) is 0 Å². The SMILES string of the molecule is CCN1CCC2CCC(C1)N2C(=O)C(=O)Nc1ccc(C)nc1C. The molecule has 2 unspecified atom stereocenters. The first-order valence-corrected chi connectivity index (χ1v) is 8.79. The van der Waals surface area contributed by atoms with Crippen LogP contribution in [0.3, 0.4) is 0 Å². The molecule has 0 radical (unpaired) electrons. The highest BCUT2D eigenvalue weighted by molar-refractivity contribution is 6.39. The Morgan fingerprint density at radius 3 is 2.67 bits per heavy atom. The minimum atomic E-state index is -0.550. The van der Waals surface area contributed by atoms with E-state index in [9.17, 15) is 9.59 Å². The number of nitrogens with one attached hydrogen (secondary N) is 1. The highest BCUT2D eigenvalue weighted by Gasteiger charge is 2.41. The number of aromatic nitrogens is 1. The zero-order valence-corrected chi connectivity index (χ0v) is 14.7. The van der Waals surface area contributed by atoms with E-state index in [-0.39, 0.29) is 12.1 Å². The highest BCUT2D eigenvalue weighted by Crippen LogP contribution is 2.30. The summed E-state index contributed by atoms with van der Waals surface area (Å²) < 4.78 is 0. The van der Waals surface area contributed by atoms with Crippen LogP contribution >= 0.6 is 0 Å². The normalized spacial score (nSPS) is 23.9. The number of nitrogens with zero attached hydrogens (tertiary/aromatic N) is 3. The lowest BCUT2D eigenvalue weighted by Crippen LogP contribution is -2.47. The number of aryl methyl sites for hydroxylation is 2. The van der Waals surface area contributed by atoms with Gasteiger partial charge in [-0.15, -0.1) is 0 Å². The molecule has 3 heterocycles. The van der Waals surface area contributed by atoms with E-state index in [0.717, 1.165) is 50.3 Å². The van der Waals surface area contributed by atoms with Crippen LogP contribution in [0.4, 0.5) is 5.69 Å². The largest absolute Gasteiger partial charge is 0.327 e. The van der Waals surface area contributed by atoms with E-state index in [2.05, 4.69) is 22.1 Å². The van der Waals surface area contributed by atoms with E-state index < -0.39 is 11.8 Å². The molecular weight excluding hydrogens is 304 g/mol. The van der Waals surface area contributed by atoms with Crippen molar-refractivity contribution in [2.45, 2.75) is 52.1 Å². The van der Waals surface area contributed by atoms with Crippen LogP contribution in [0.15, 0.2) is 12.1 Å². The lowest BCUT2D eigenvalue weighted by atomic mass is 10.1. The Kier molecular flexibility index (Phi) is 4.85. The highest BCUT2D eigenvalue weighted by atomic mass is 16.2. The number of hydrogen-bond donors (Lipinski definition) is 1. The Labute approximate surface area is 143 Å². The summed E-state index contributed by atoms with van der Waals surface area (Å²) in [5, 5.41) is 2.74. The van der Waals surface area contributed by atoms with E-state index in [4.69, 9.17) is 0 Å². The first-order chi connectivity index (χ1) is 11.5. The number of likely N-dealkylation sites (tertiary alicyclic amines) is 1. The Morgan fingerprint density at radius 1 is 1.21 bits per heavy atom. The molecule has 3 rings (SSSR count). The van der Waals surface area contributed by atoms with E-state index in [1.807, 2.05) is 24.8 Å². The smallest absolute Gasteiger partial charge is 0.313 e. The summed E-state index contributed by atoms with van der Waals surface area (Å²) in [5.74, 6) is -0.953. The molecule has 2 fully saturated rings. The maximum atomic E-state index is 12.8. The Morgan fingerprint density at radius 2 is 1.96 bits per heavy atom. The van der Waals surface area contributed by atoms with Crippen molar-refractivity contribution in [3.05, 3.63) is 23.5 Å². The van der Waals surface area contributed by atoms with Gasteiger partial charge in [0.25, 0.3) is 0 Å². The second-order valence-corrected chi connectivity index (χ2v) is 6.82. The first kappa shape index (κ1) is 16.9. The molecule has 130 valence electrons. The second kappa shape index (κ2) is 6.89. The molecule has 0 spiro atoms. The van der Waals surface area contributed by atoms with Gasteiger partial charge in [-0.25, -0.2) is 0 Å². The summed E-state index contributed by atoms with van der Waals surface area (Å²) in [4.78, 5) is 33.8. The van der Waals surface area contributed by atoms with E-state index in [1.165, 1.54) is 0 Å². The number of carbonyl (C=O) groups excluding carboxylic acids is 2. The van der Waals surface area contributed by atoms with Crippen molar-refractivity contribution < 1.29 is 9.59 Å². The van der Waals surface area contributed by atoms with Gasteiger partial charge in [0.2, 0.25) is 0 Å². The molecule has 0 aromatic carbocycles. The maximum absolute atomic E-state index is 12.8. The second-order valence-electron chi connectivity index (χ2n) is 6.82. The lowest BCUT2D eigenvalue weighted by molar-refractivity contribution is -0.145. The summed E-state index contributed by atoms with van der Waals surface area (Å²) in [7, 11) is 0. The van der Waals surface area contributed by atoms with Gasteiger partial charge in [-0.2, -0.15) is 0 Å². The van der Waals surface area contributed by atoms with Gasteiger partial charge in [0.15, 0.2) is 0 Å². The van der Waals surface area contributed by atoms with Gasteiger partial charge in [-0.1, -0.05) is 6.92 Å². The molecule has 1 N–H and O–H groups in total. The van der Waals surface area contributed by atoms with Gasteiger partial charge < -0.3 is 15.1 Å². The third kappa shape index (κ3) is 3.29. The number of amides is 2. The number of fused-ring (bicyclic) bond motifs is 2. The minimum absolute atomic E-state index is 0.160. The van der Waals surface area contributed by atoms with E-state index in [1.54, 1.807) is 6.07 Å². The van der Waals surface area contributed by atoms with E-state index >= 15 is 0 Å². The molecule has 6 nitrogen and oxygen atoms in total. The maximum Gasteiger partial charge on any atom is 0.313 e. The van der Waals surface area contributed by atoms with Crippen LogP contribution in [-0.2, 0) is 9.59 Å². The predicted molar refractivity (Wildman–Crippen MR) is 92.7 cm³/mol. The fourth-order valence-electron chi connectivity index (χ4n) is 3.88. The van der Waals surface area contributed by atoms with Crippen molar-refractivity contribution in [2.75, 3.05) is 25.0 Å². The van der Waals surface area contributed by atoms with Crippen LogP contribution in [0.2, 0.25) is 0 Å².